The average Bonchev–Trinajstić information content (AvgIpc) is 3.06. The summed E-state index contributed by atoms with van der Waals surface area (Å²) in [6, 6.07) is 34.8. The molecule has 0 fully saturated rings. The van der Waals surface area contributed by atoms with E-state index in [-0.39, 0.29) is 16.0 Å². The molecular formula is C36H35N5O4S. The highest BCUT2D eigenvalue weighted by Crippen LogP contribution is 2.31. The monoisotopic (exact) mass is 633 g/mol. The molecule has 0 bridgehead atoms. The van der Waals surface area contributed by atoms with E-state index in [2.05, 4.69) is 27.2 Å². The van der Waals surface area contributed by atoms with E-state index in [1.54, 1.807) is 48.5 Å². The summed E-state index contributed by atoms with van der Waals surface area (Å²) in [6.45, 7) is 5.24. The number of nitrogens with zero attached hydrogens (tertiary/aromatic N) is 2. The van der Waals surface area contributed by atoms with Crippen molar-refractivity contribution in [3.8, 4) is 11.3 Å². The highest BCUT2D eigenvalue weighted by Gasteiger charge is 2.24. The zero-order chi connectivity index (χ0) is 32.5. The van der Waals surface area contributed by atoms with E-state index in [4.69, 9.17) is 4.98 Å². The highest BCUT2D eigenvalue weighted by molar-refractivity contribution is 7.90. The molecule has 5 rings (SSSR count). The molecule has 0 atom stereocenters. The molecule has 0 unspecified atom stereocenters. The fourth-order valence-corrected chi connectivity index (χ4v) is 6.10. The van der Waals surface area contributed by atoms with Crippen molar-refractivity contribution in [2.75, 3.05) is 22.1 Å². The van der Waals surface area contributed by atoms with Crippen molar-refractivity contribution >= 4 is 39.2 Å². The standard InChI is InChI=1S/C36H35N5O4S/c1-3-22-41(25-27-12-6-4-7-13-27)34-24-30(38-36(43)37-29-20-18-26(2)19-21-29)23-32(39-34)31-16-10-11-17-33(31)46(44,45)40-35(42)28-14-8-5-9-15-28/h4-21,23-24H,3,22,25H2,1-2H3,(H,40,42)(H2,37,38,39,43). The Morgan fingerprint density at radius 1 is 0.761 bits per heavy atom. The summed E-state index contributed by atoms with van der Waals surface area (Å²) in [7, 11) is -4.31. The molecule has 3 amide bonds. The number of nitrogens with one attached hydrogen (secondary N) is 3. The van der Waals surface area contributed by atoms with E-state index in [9.17, 15) is 18.0 Å². The van der Waals surface area contributed by atoms with Crippen molar-refractivity contribution in [2.45, 2.75) is 31.7 Å². The topological polar surface area (TPSA) is 121 Å². The van der Waals surface area contributed by atoms with Crippen LogP contribution in [0.2, 0.25) is 0 Å². The molecule has 5 aromatic rings. The van der Waals surface area contributed by atoms with Crippen LogP contribution < -0.4 is 20.3 Å². The van der Waals surface area contributed by atoms with Crippen molar-refractivity contribution in [1.29, 1.82) is 0 Å². The lowest BCUT2D eigenvalue weighted by Crippen LogP contribution is -2.31. The third kappa shape index (κ3) is 8.16. The number of rotatable bonds is 11. The van der Waals surface area contributed by atoms with Crippen LogP contribution in [-0.4, -0.2) is 31.9 Å². The number of pyridine rings is 1. The van der Waals surface area contributed by atoms with Crippen LogP contribution in [0.1, 0.15) is 34.8 Å². The Labute approximate surface area is 269 Å². The molecule has 3 N–H and O–H groups in total. The number of carbonyl (C=O) groups excluding carboxylic acids is 2. The van der Waals surface area contributed by atoms with Gasteiger partial charge in [-0.1, -0.05) is 91.3 Å². The second-order valence-electron chi connectivity index (χ2n) is 10.7. The summed E-state index contributed by atoms with van der Waals surface area (Å²) in [4.78, 5) is 32.8. The van der Waals surface area contributed by atoms with E-state index < -0.39 is 22.0 Å². The summed E-state index contributed by atoms with van der Waals surface area (Å²) < 4.78 is 29.4. The Bertz CT molecular complexity index is 1920. The smallest absolute Gasteiger partial charge is 0.323 e. The number of aryl methyl sites for hydroxylation is 1. The Hall–Kier alpha value is -5.48. The zero-order valence-corrected chi connectivity index (χ0v) is 26.4. The normalized spacial score (nSPS) is 11.0. The quantitative estimate of drug-likeness (QED) is 0.141. The van der Waals surface area contributed by atoms with Gasteiger partial charge in [0.05, 0.1) is 10.6 Å². The summed E-state index contributed by atoms with van der Waals surface area (Å²) in [5.41, 5.74) is 3.98. The Balaban J connectivity index is 1.54. The molecule has 9 nitrogen and oxygen atoms in total. The van der Waals surface area contributed by atoms with Crippen molar-refractivity contribution in [2.24, 2.45) is 0 Å². The van der Waals surface area contributed by atoms with Crippen molar-refractivity contribution < 1.29 is 18.0 Å². The first kappa shape index (κ1) is 31.9. The maximum absolute atomic E-state index is 13.6. The first-order valence-electron chi connectivity index (χ1n) is 14.9. The summed E-state index contributed by atoms with van der Waals surface area (Å²) in [5.74, 6) is -0.196. The Kier molecular flexibility index (Phi) is 10.1. The van der Waals surface area contributed by atoms with Crippen molar-refractivity contribution in [3.63, 3.8) is 0 Å². The third-order valence-corrected chi connectivity index (χ3v) is 8.52. The maximum Gasteiger partial charge on any atom is 0.323 e. The van der Waals surface area contributed by atoms with Crippen molar-refractivity contribution in [3.05, 3.63) is 138 Å². The van der Waals surface area contributed by atoms with Crippen LogP contribution in [-0.2, 0) is 16.6 Å². The predicted molar refractivity (Wildman–Crippen MR) is 182 cm³/mol. The summed E-state index contributed by atoms with van der Waals surface area (Å²) >= 11 is 0. The minimum absolute atomic E-state index is 0.121. The number of aromatic nitrogens is 1. The number of hydrogen-bond acceptors (Lipinski definition) is 6. The SMILES string of the molecule is CCCN(Cc1ccccc1)c1cc(NC(=O)Nc2ccc(C)cc2)cc(-c2ccccc2S(=O)(=O)NC(=O)c2ccccc2)n1. The highest BCUT2D eigenvalue weighted by atomic mass is 32.2. The van der Waals surface area contributed by atoms with Crippen LogP contribution in [0, 0.1) is 6.92 Å². The second kappa shape index (κ2) is 14.5. The molecule has 0 aliphatic heterocycles. The number of amides is 3. The van der Waals surface area contributed by atoms with Gasteiger partial charge in [-0.25, -0.2) is 22.9 Å². The first-order valence-corrected chi connectivity index (χ1v) is 16.4. The van der Waals surface area contributed by atoms with Crippen LogP contribution >= 0.6 is 0 Å². The molecule has 0 saturated heterocycles. The predicted octanol–water partition coefficient (Wildman–Crippen LogP) is 7.24. The molecule has 0 radical (unpaired) electrons. The van der Waals surface area contributed by atoms with Gasteiger partial charge >= 0.3 is 6.03 Å². The van der Waals surface area contributed by atoms with Gasteiger partial charge in [-0.3, -0.25) is 4.79 Å². The van der Waals surface area contributed by atoms with Gasteiger partial charge in [0.2, 0.25) is 0 Å². The number of carbonyl (C=O) groups is 2. The van der Waals surface area contributed by atoms with Gasteiger partial charge in [-0.15, -0.1) is 0 Å². The molecule has 0 aliphatic rings. The molecular weight excluding hydrogens is 598 g/mol. The largest absolute Gasteiger partial charge is 0.352 e. The summed E-state index contributed by atoms with van der Waals surface area (Å²) in [5, 5.41) is 5.73. The molecule has 4 aromatic carbocycles. The number of urea groups is 1. The molecule has 1 heterocycles. The van der Waals surface area contributed by atoms with E-state index in [0.29, 0.717) is 36.0 Å². The second-order valence-corrected chi connectivity index (χ2v) is 12.4. The molecule has 0 spiro atoms. The third-order valence-electron chi connectivity index (χ3n) is 7.13. The van der Waals surface area contributed by atoms with E-state index in [1.165, 1.54) is 18.2 Å². The maximum atomic E-state index is 13.6. The average molecular weight is 634 g/mol. The van der Waals surface area contributed by atoms with Gasteiger partial charge in [-0.2, -0.15) is 0 Å². The van der Waals surface area contributed by atoms with E-state index >= 15 is 0 Å². The fraction of sp³-hybridized carbons (Fsp3) is 0.139. The Morgan fingerprint density at radius 2 is 1.39 bits per heavy atom. The van der Waals surface area contributed by atoms with Gasteiger partial charge in [-0.05, 0) is 55.3 Å². The molecule has 10 heteroatoms. The molecule has 0 saturated carbocycles. The number of benzene rings is 4. The lowest BCUT2D eigenvalue weighted by molar-refractivity contribution is 0.0981. The van der Waals surface area contributed by atoms with Crippen LogP contribution in [0.15, 0.2) is 126 Å². The van der Waals surface area contributed by atoms with E-state index in [0.717, 1.165) is 17.5 Å². The van der Waals surface area contributed by atoms with Crippen LogP contribution in [0.25, 0.3) is 11.3 Å². The van der Waals surface area contributed by atoms with Gasteiger partial charge in [0.25, 0.3) is 15.9 Å². The first-order chi connectivity index (χ1) is 22.2. The number of anilines is 3. The molecule has 1 aromatic heterocycles. The molecule has 0 aliphatic carbocycles. The van der Waals surface area contributed by atoms with Gasteiger partial charge < -0.3 is 15.5 Å². The Morgan fingerprint density at radius 3 is 2.09 bits per heavy atom. The van der Waals surface area contributed by atoms with Crippen LogP contribution in [0.4, 0.5) is 22.0 Å². The minimum Gasteiger partial charge on any atom is -0.352 e. The summed E-state index contributed by atoms with van der Waals surface area (Å²) in [6.07, 6.45) is 0.825. The van der Waals surface area contributed by atoms with Gasteiger partial charge in [0.1, 0.15) is 5.82 Å². The van der Waals surface area contributed by atoms with Crippen LogP contribution in [0.3, 0.4) is 0 Å². The minimum atomic E-state index is -4.31. The lowest BCUT2D eigenvalue weighted by Gasteiger charge is -2.25. The fourth-order valence-electron chi connectivity index (χ4n) is 4.90. The van der Waals surface area contributed by atoms with Crippen molar-refractivity contribution in [1.82, 2.24) is 9.71 Å². The van der Waals surface area contributed by atoms with Crippen LogP contribution in [0.5, 0.6) is 0 Å². The van der Waals surface area contributed by atoms with Gasteiger partial charge in [0.15, 0.2) is 0 Å². The molecule has 46 heavy (non-hydrogen) atoms. The number of hydrogen-bond donors (Lipinski definition) is 3. The lowest BCUT2D eigenvalue weighted by atomic mass is 10.1. The van der Waals surface area contributed by atoms with E-state index in [1.807, 2.05) is 61.5 Å². The number of sulfonamides is 1. The zero-order valence-electron chi connectivity index (χ0n) is 25.6. The van der Waals surface area contributed by atoms with Gasteiger partial charge in [0, 0.05) is 41.7 Å². The molecule has 234 valence electrons.